The summed E-state index contributed by atoms with van der Waals surface area (Å²) in [4.78, 5) is 4.19. The largest absolute Gasteiger partial charge is 0.352 e. The van der Waals surface area contributed by atoms with Gasteiger partial charge in [-0.05, 0) is 28.8 Å². The quantitative estimate of drug-likeness (QED) is 0.357. The van der Waals surface area contributed by atoms with Gasteiger partial charge in [0.15, 0.2) is 15.8 Å². The lowest BCUT2D eigenvalue weighted by atomic mass is 10.1. The van der Waals surface area contributed by atoms with Crippen LogP contribution in [0.4, 0.5) is 0 Å². The highest BCUT2D eigenvalue weighted by Crippen LogP contribution is 2.09. The Balaban J connectivity index is 0.00000338. The maximum atomic E-state index is 11.3. The fourth-order valence-corrected chi connectivity index (χ4v) is 3.17. The Labute approximate surface area is 177 Å². The van der Waals surface area contributed by atoms with Crippen molar-refractivity contribution >= 4 is 51.4 Å². The second-order valence-electron chi connectivity index (χ2n) is 5.79. The van der Waals surface area contributed by atoms with Gasteiger partial charge in [0.1, 0.15) is 0 Å². The molecule has 2 N–H and O–H groups in total. The highest BCUT2D eigenvalue weighted by atomic mass is 127. The number of aliphatic imine (C=N–C) groups is 1. The van der Waals surface area contributed by atoms with Gasteiger partial charge in [0.25, 0.3) is 0 Å². The molecule has 0 amide bonds. The van der Waals surface area contributed by atoms with E-state index in [-0.39, 0.29) is 29.7 Å². The molecule has 0 bridgehead atoms. The Morgan fingerprint density at radius 1 is 0.923 bits per heavy atom. The zero-order valence-corrected chi connectivity index (χ0v) is 18.6. The van der Waals surface area contributed by atoms with E-state index in [9.17, 15) is 8.42 Å². The van der Waals surface area contributed by atoms with Crippen LogP contribution in [-0.2, 0) is 28.7 Å². The van der Waals surface area contributed by atoms with E-state index in [2.05, 4.69) is 15.6 Å². The van der Waals surface area contributed by atoms with Crippen LogP contribution in [-0.4, -0.2) is 27.7 Å². The fourth-order valence-electron chi connectivity index (χ4n) is 2.25. The number of benzene rings is 2. The number of rotatable bonds is 6. The van der Waals surface area contributed by atoms with E-state index in [1.54, 1.807) is 7.05 Å². The average Bonchev–Trinajstić information content (AvgIpc) is 2.56. The molecular weight excluding hydrogens is 485 g/mol. The van der Waals surface area contributed by atoms with Gasteiger partial charge in [0.2, 0.25) is 0 Å². The lowest BCUT2D eigenvalue weighted by molar-refractivity contribution is 0.601. The van der Waals surface area contributed by atoms with Gasteiger partial charge in [-0.2, -0.15) is 0 Å². The Hall–Kier alpha value is -1.32. The van der Waals surface area contributed by atoms with Crippen LogP contribution in [0.2, 0.25) is 5.02 Å². The standard InChI is InChI=1S/C18H22ClN3O2S.HI/c1-20-18(22-12-15-7-9-17(19)10-8-15)21-11-14-3-5-16(6-4-14)13-25(2,23)24;/h3-10H,11-13H2,1-2H3,(H2,20,21,22);1H. The van der Waals surface area contributed by atoms with Crippen LogP contribution in [0, 0.1) is 0 Å². The van der Waals surface area contributed by atoms with Gasteiger partial charge in [-0.25, -0.2) is 8.42 Å². The molecule has 8 heteroatoms. The lowest BCUT2D eigenvalue weighted by Gasteiger charge is -2.12. The molecule has 0 aliphatic heterocycles. The maximum absolute atomic E-state index is 11.3. The summed E-state index contributed by atoms with van der Waals surface area (Å²) in [5, 5.41) is 7.18. The Kier molecular flexibility index (Phi) is 9.38. The predicted molar refractivity (Wildman–Crippen MR) is 119 cm³/mol. The third-order valence-corrected chi connectivity index (χ3v) is 4.62. The molecule has 5 nitrogen and oxygen atoms in total. The summed E-state index contributed by atoms with van der Waals surface area (Å²) in [5.41, 5.74) is 2.95. The van der Waals surface area contributed by atoms with E-state index in [0.29, 0.717) is 24.1 Å². The summed E-state index contributed by atoms with van der Waals surface area (Å²) < 4.78 is 22.6. The van der Waals surface area contributed by atoms with Crippen molar-refractivity contribution < 1.29 is 8.42 Å². The van der Waals surface area contributed by atoms with Crippen LogP contribution in [0.25, 0.3) is 0 Å². The van der Waals surface area contributed by atoms with Crippen molar-refractivity contribution in [3.05, 3.63) is 70.2 Å². The zero-order valence-electron chi connectivity index (χ0n) is 14.7. The Bertz CT molecular complexity index is 823. The van der Waals surface area contributed by atoms with Crippen molar-refractivity contribution in [1.82, 2.24) is 10.6 Å². The second kappa shape index (κ2) is 10.7. The highest BCUT2D eigenvalue weighted by Gasteiger charge is 2.04. The molecule has 0 unspecified atom stereocenters. The van der Waals surface area contributed by atoms with Gasteiger partial charge in [0.05, 0.1) is 5.75 Å². The van der Waals surface area contributed by atoms with Crippen LogP contribution in [0.3, 0.4) is 0 Å². The van der Waals surface area contributed by atoms with Crippen LogP contribution in [0.5, 0.6) is 0 Å². The number of sulfone groups is 1. The van der Waals surface area contributed by atoms with E-state index in [1.165, 1.54) is 6.26 Å². The van der Waals surface area contributed by atoms with Gasteiger partial charge in [-0.15, -0.1) is 24.0 Å². The van der Waals surface area contributed by atoms with Gasteiger partial charge >= 0.3 is 0 Å². The summed E-state index contributed by atoms with van der Waals surface area (Å²) in [7, 11) is -1.29. The van der Waals surface area contributed by atoms with Gasteiger partial charge < -0.3 is 10.6 Å². The van der Waals surface area contributed by atoms with Gasteiger partial charge in [0, 0.05) is 31.4 Å². The monoisotopic (exact) mass is 507 g/mol. The second-order valence-corrected chi connectivity index (χ2v) is 8.37. The molecule has 0 aliphatic rings. The van der Waals surface area contributed by atoms with E-state index in [1.807, 2.05) is 48.5 Å². The molecule has 0 aromatic heterocycles. The van der Waals surface area contributed by atoms with Crippen molar-refractivity contribution in [1.29, 1.82) is 0 Å². The first-order chi connectivity index (χ1) is 11.9. The number of hydrogen-bond acceptors (Lipinski definition) is 3. The van der Waals surface area contributed by atoms with Gasteiger partial charge in [-0.1, -0.05) is 48.0 Å². The molecule has 0 aliphatic carbocycles. The molecule has 0 fully saturated rings. The Morgan fingerprint density at radius 3 is 1.77 bits per heavy atom. The van der Waals surface area contributed by atoms with Crippen LogP contribution in [0.1, 0.15) is 16.7 Å². The minimum atomic E-state index is -3.01. The third-order valence-electron chi connectivity index (χ3n) is 3.51. The van der Waals surface area contributed by atoms with Crippen molar-refractivity contribution in [2.45, 2.75) is 18.8 Å². The minimum Gasteiger partial charge on any atom is -0.352 e. The molecule has 142 valence electrons. The van der Waals surface area contributed by atoms with Crippen molar-refractivity contribution in [2.24, 2.45) is 4.99 Å². The smallest absolute Gasteiger partial charge is 0.191 e. The van der Waals surface area contributed by atoms with Crippen LogP contribution in [0.15, 0.2) is 53.5 Å². The summed E-state index contributed by atoms with van der Waals surface area (Å²) in [5.74, 6) is 0.751. The molecule has 2 aromatic rings. The first kappa shape index (κ1) is 22.7. The molecule has 0 atom stereocenters. The number of guanidine groups is 1. The van der Waals surface area contributed by atoms with Crippen molar-refractivity contribution in [3.63, 3.8) is 0 Å². The average molecular weight is 508 g/mol. The number of hydrogen-bond donors (Lipinski definition) is 2. The molecular formula is C18H23ClIN3O2S. The molecule has 0 radical (unpaired) electrons. The lowest BCUT2D eigenvalue weighted by Crippen LogP contribution is -2.36. The van der Waals surface area contributed by atoms with E-state index >= 15 is 0 Å². The zero-order chi connectivity index (χ0) is 18.3. The number of nitrogens with one attached hydrogen (secondary N) is 2. The van der Waals surface area contributed by atoms with E-state index in [4.69, 9.17) is 11.6 Å². The summed E-state index contributed by atoms with van der Waals surface area (Å²) >= 11 is 5.88. The normalized spacial score (nSPS) is 11.6. The third kappa shape index (κ3) is 8.37. The molecule has 26 heavy (non-hydrogen) atoms. The molecule has 2 rings (SSSR count). The fraction of sp³-hybridized carbons (Fsp3) is 0.278. The SMILES string of the molecule is CN=C(NCc1ccc(Cl)cc1)NCc1ccc(CS(C)(=O)=O)cc1.I. The molecule has 2 aromatic carbocycles. The van der Waals surface area contributed by atoms with Gasteiger partial charge in [-0.3, -0.25) is 4.99 Å². The van der Waals surface area contributed by atoms with E-state index in [0.717, 1.165) is 16.7 Å². The van der Waals surface area contributed by atoms with E-state index < -0.39 is 9.84 Å². The first-order valence-electron chi connectivity index (χ1n) is 7.80. The topological polar surface area (TPSA) is 70.6 Å². The first-order valence-corrected chi connectivity index (χ1v) is 10.2. The molecule has 0 saturated carbocycles. The maximum Gasteiger partial charge on any atom is 0.191 e. The highest BCUT2D eigenvalue weighted by molar-refractivity contribution is 14.0. The minimum absolute atomic E-state index is 0. The van der Waals surface area contributed by atoms with Crippen LogP contribution >= 0.6 is 35.6 Å². The molecule has 0 spiro atoms. The van der Waals surface area contributed by atoms with Crippen molar-refractivity contribution in [2.75, 3.05) is 13.3 Å². The van der Waals surface area contributed by atoms with Crippen LogP contribution < -0.4 is 10.6 Å². The Morgan fingerprint density at radius 2 is 1.35 bits per heavy atom. The summed E-state index contributed by atoms with van der Waals surface area (Å²) in [6, 6.07) is 15.1. The summed E-state index contributed by atoms with van der Waals surface area (Å²) in [6.45, 7) is 1.24. The molecule has 0 heterocycles. The predicted octanol–water partition coefficient (Wildman–Crippen LogP) is 3.37. The van der Waals surface area contributed by atoms with Crippen molar-refractivity contribution in [3.8, 4) is 0 Å². The summed E-state index contributed by atoms with van der Waals surface area (Å²) in [6.07, 6.45) is 1.23. The number of halogens is 2. The number of nitrogens with zero attached hydrogens (tertiary/aromatic N) is 1. The molecule has 0 saturated heterocycles.